The Kier molecular flexibility index (Phi) is 4.01. The van der Waals surface area contributed by atoms with E-state index in [0.717, 1.165) is 12.8 Å². The first-order valence-electron chi connectivity index (χ1n) is 3.94. The van der Waals surface area contributed by atoms with Gasteiger partial charge in [-0.3, -0.25) is 4.90 Å². The van der Waals surface area contributed by atoms with Crippen molar-refractivity contribution in [2.24, 2.45) is 4.99 Å². The van der Waals surface area contributed by atoms with Gasteiger partial charge in [-0.2, -0.15) is 0 Å². The minimum absolute atomic E-state index is 0.207. The molecule has 0 aromatic rings. The van der Waals surface area contributed by atoms with E-state index in [-0.39, 0.29) is 5.66 Å². The third-order valence-electron chi connectivity index (χ3n) is 2.23. The fourth-order valence-corrected chi connectivity index (χ4v) is 1.24. The molecule has 0 heterocycles. The van der Waals surface area contributed by atoms with Crippen molar-refractivity contribution in [3.63, 3.8) is 0 Å². The molecule has 11 heavy (non-hydrogen) atoms. The Bertz CT molecular complexity index is 153. The first-order valence-corrected chi connectivity index (χ1v) is 3.94. The van der Waals surface area contributed by atoms with Crippen molar-refractivity contribution in [3.05, 3.63) is 0 Å². The van der Waals surface area contributed by atoms with Gasteiger partial charge in [-0.25, -0.2) is 10.4 Å². The van der Waals surface area contributed by atoms with Crippen molar-refractivity contribution in [1.29, 1.82) is 5.41 Å². The second kappa shape index (κ2) is 4.27. The average molecular weight is 155 g/mol. The summed E-state index contributed by atoms with van der Waals surface area (Å²) in [6.07, 6.45) is 1.84. The maximum Gasteiger partial charge on any atom is 0.123 e. The minimum Gasteiger partial charge on any atom is -0.285 e. The molecule has 0 unspecified atom stereocenters. The van der Waals surface area contributed by atoms with Crippen LogP contribution < -0.4 is 0 Å². The van der Waals surface area contributed by atoms with Crippen molar-refractivity contribution < 1.29 is 0 Å². The average Bonchev–Trinajstić information content (AvgIpc) is 2.00. The van der Waals surface area contributed by atoms with E-state index < -0.39 is 0 Å². The second-order valence-electron chi connectivity index (χ2n) is 2.81. The van der Waals surface area contributed by atoms with Gasteiger partial charge in [0.1, 0.15) is 5.66 Å². The van der Waals surface area contributed by atoms with E-state index in [4.69, 9.17) is 5.41 Å². The van der Waals surface area contributed by atoms with Crippen molar-refractivity contribution >= 4 is 6.01 Å². The normalized spacial score (nSPS) is 11.4. The van der Waals surface area contributed by atoms with Gasteiger partial charge in [-0.05, 0) is 26.9 Å². The molecule has 0 aliphatic rings. The van der Waals surface area contributed by atoms with Crippen LogP contribution in [0.4, 0.5) is 0 Å². The van der Waals surface area contributed by atoms with Crippen LogP contribution in [-0.4, -0.2) is 30.7 Å². The molecule has 3 nitrogen and oxygen atoms in total. The van der Waals surface area contributed by atoms with E-state index in [9.17, 15) is 0 Å². The van der Waals surface area contributed by atoms with Gasteiger partial charge in [-0.15, -0.1) is 0 Å². The summed E-state index contributed by atoms with van der Waals surface area (Å²) in [5.74, 6) is 0. The highest BCUT2D eigenvalue weighted by atomic mass is 15.2. The smallest absolute Gasteiger partial charge is 0.123 e. The van der Waals surface area contributed by atoms with E-state index in [1.54, 1.807) is 0 Å². The molecule has 0 aromatic heterocycles. The molecule has 0 aliphatic heterocycles. The van der Waals surface area contributed by atoms with Crippen LogP contribution in [0, 0.1) is 5.41 Å². The van der Waals surface area contributed by atoms with Gasteiger partial charge in [-0.1, -0.05) is 13.8 Å². The third kappa shape index (κ3) is 2.14. The molecular weight excluding hydrogens is 138 g/mol. The number of rotatable bonds is 4. The molecular formula is C8H17N3. The van der Waals surface area contributed by atoms with Crippen LogP contribution in [0.3, 0.4) is 0 Å². The SMILES string of the molecule is CCC(CC)(N=C=N)N(C)C. The number of hydrogen-bond donors (Lipinski definition) is 1. The fourth-order valence-electron chi connectivity index (χ4n) is 1.24. The van der Waals surface area contributed by atoms with E-state index in [1.807, 2.05) is 19.0 Å². The third-order valence-corrected chi connectivity index (χ3v) is 2.23. The zero-order valence-electron chi connectivity index (χ0n) is 7.81. The first-order chi connectivity index (χ1) is 5.13. The Balaban J connectivity index is 4.59. The molecule has 0 aromatic carbocycles. The molecule has 0 fully saturated rings. The monoisotopic (exact) mass is 155 g/mol. The van der Waals surface area contributed by atoms with Crippen LogP contribution in [0.25, 0.3) is 0 Å². The quantitative estimate of drug-likeness (QED) is 0.618. The standard InChI is InChI=1S/C8H17N3/c1-5-8(6-2,10-7-9)11(3)4/h9H,5-6H2,1-4H3. The Morgan fingerprint density at radius 3 is 1.91 bits per heavy atom. The molecule has 0 rings (SSSR count). The Labute approximate surface area is 68.6 Å². The van der Waals surface area contributed by atoms with Crippen LogP contribution in [-0.2, 0) is 0 Å². The summed E-state index contributed by atoms with van der Waals surface area (Å²) in [4.78, 5) is 6.07. The van der Waals surface area contributed by atoms with E-state index in [1.165, 1.54) is 0 Å². The molecule has 1 N–H and O–H groups in total. The van der Waals surface area contributed by atoms with Gasteiger partial charge >= 0.3 is 0 Å². The summed E-state index contributed by atoms with van der Waals surface area (Å²) in [5.41, 5.74) is -0.207. The van der Waals surface area contributed by atoms with Crippen molar-refractivity contribution in [1.82, 2.24) is 4.90 Å². The van der Waals surface area contributed by atoms with E-state index in [0.29, 0.717) is 0 Å². The zero-order chi connectivity index (χ0) is 8.91. The lowest BCUT2D eigenvalue weighted by molar-refractivity contribution is 0.150. The second-order valence-corrected chi connectivity index (χ2v) is 2.81. The number of hydrogen-bond acceptors (Lipinski definition) is 3. The van der Waals surface area contributed by atoms with Crippen LogP contribution in [0.2, 0.25) is 0 Å². The van der Waals surface area contributed by atoms with Gasteiger partial charge < -0.3 is 0 Å². The molecule has 0 amide bonds. The van der Waals surface area contributed by atoms with Gasteiger partial charge in [0.15, 0.2) is 0 Å². The molecule has 0 saturated heterocycles. The molecule has 0 atom stereocenters. The summed E-state index contributed by atoms with van der Waals surface area (Å²) in [6, 6.07) is 2.13. The highest BCUT2D eigenvalue weighted by Crippen LogP contribution is 2.21. The topological polar surface area (TPSA) is 39.5 Å². The predicted octanol–water partition coefficient (Wildman–Crippen LogP) is 1.82. The molecule has 3 heteroatoms. The Morgan fingerprint density at radius 2 is 1.82 bits per heavy atom. The van der Waals surface area contributed by atoms with Gasteiger partial charge in [0.2, 0.25) is 0 Å². The zero-order valence-corrected chi connectivity index (χ0v) is 7.81. The molecule has 0 radical (unpaired) electrons. The maximum absolute atomic E-state index is 6.81. The number of aliphatic imine (C=N–C) groups is 1. The van der Waals surface area contributed by atoms with Crippen molar-refractivity contribution in [2.75, 3.05) is 14.1 Å². The molecule has 0 spiro atoms. The number of nitrogens with zero attached hydrogens (tertiary/aromatic N) is 2. The molecule has 0 bridgehead atoms. The van der Waals surface area contributed by atoms with E-state index in [2.05, 4.69) is 24.8 Å². The summed E-state index contributed by atoms with van der Waals surface area (Å²) >= 11 is 0. The highest BCUT2D eigenvalue weighted by Gasteiger charge is 2.26. The summed E-state index contributed by atoms with van der Waals surface area (Å²) in [6.45, 7) is 4.15. The van der Waals surface area contributed by atoms with Crippen LogP contribution in [0.1, 0.15) is 26.7 Å². The first kappa shape index (κ1) is 10.3. The Morgan fingerprint density at radius 1 is 1.36 bits per heavy atom. The van der Waals surface area contributed by atoms with Crippen LogP contribution in [0.15, 0.2) is 4.99 Å². The summed E-state index contributed by atoms with van der Waals surface area (Å²) < 4.78 is 0. The van der Waals surface area contributed by atoms with Gasteiger partial charge in [0.25, 0.3) is 0 Å². The van der Waals surface area contributed by atoms with Crippen molar-refractivity contribution in [2.45, 2.75) is 32.4 Å². The summed E-state index contributed by atoms with van der Waals surface area (Å²) in [5, 5.41) is 6.81. The lowest BCUT2D eigenvalue weighted by Crippen LogP contribution is -2.41. The lowest BCUT2D eigenvalue weighted by Gasteiger charge is -2.32. The molecule has 64 valence electrons. The predicted molar refractivity (Wildman–Crippen MR) is 47.2 cm³/mol. The summed E-state index contributed by atoms with van der Waals surface area (Å²) in [7, 11) is 3.96. The molecule has 0 saturated carbocycles. The van der Waals surface area contributed by atoms with Gasteiger partial charge in [0.05, 0.1) is 6.01 Å². The Hall–Kier alpha value is -0.660. The number of nitrogens with one attached hydrogen (secondary N) is 1. The van der Waals surface area contributed by atoms with E-state index >= 15 is 0 Å². The van der Waals surface area contributed by atoms with Gasteiger partial charge in [0, 0.05) is 0 Å². The fraction of sp³-hybridized carbons (Fsp3) is 0.875. The van der Waals surface area contributed by atoms with Crippen molar-refractivity contribution in [3.8, 4) is 0 Å². The largest absolute Gasteiger partial charge is 0.285 e. The highest BCUT2D eigenvalue weighted by molar-refractivity contribution is 5.37. The molecule has 0 aliphatic carbocycles. The lowest BCUT2D eigenvalue weighted by atomic mass is 10.0. The minimum atomic E-state index is -0.207. The van der Waals surface area contributed by atoms with Crippen LogP contribution in [0.5, 0.6) is 0 Å². The van der Waals surface area contributed by atoms with Crippen LogP contribution >= 0.6 is 0 Å². The maximum atomic E-state index is 6.81.